The first kappa shape index (κ1) is 31.5. The van der Waals surface area contributed by atoms with Crippen molar-refractivity contribution >= 4 is 21.2 Å². The van der Waals surface area contributed by atoms with Gasteiger partial charge in [-0.05, 0) is 33.5 Å². The van der Waals surface area contributed by atoms with E-state index in [1.165, 1.54) is 83.5 Å². The molecule has 0 N–H and O–H groups in total. The summed E-state index contributed by atoms with van der Waals surface area (Å²) in [5.41, 5.74) is 0.391. The number of halogens is 1. The van der Waals surface area contributed by atoms with Gasteiger partial charge < -0.3 is 18.2 Å². The van der Waals surface area contributed by atoms with Gasteiger partial charge in [-0.3, -0.25) is 0 Å². The molecule has 0 aromatic carbocycles. The standard InChI is InChI=1S/C23H51NO3Si.ClH/c1-7-8-9-10-11-12-13-14-15-16-17-18-19-20-23(21-22-24(2)3)28(25-4,26-5)27-6;/h23H,7-22H2,1-6H3;1H. The van der Waals surface area contributed by atoms with Crippen molar-refractivity contribution in [3.63, 3.8) is 0 Å². The van der Waals surface area contributed by atoms with Crippen molar-refractivity contribution in [2.75, 3.05) is 42.0 Å². The van der Waals surface area contributed by atoms with Crippen molar-refractivity contribution in [2.45, 2.75) is 109 Å². The summed E-state index contributed by atoms with van der Waals surface area (Å²) in [5, 5.41) is 0. The molecule has 6 heteroatoms. The molecule has 0 aliphatic rings. The summed E-state index contributed by atoms with van der Waals surface area (Å²) in [6.45, 7) is 3.34. The third-order valence-corrected chi connectivity index (χ3v) is 9.22. The molecule has 0 aromatic heterocycles. The van der Waals surface area contributed by atoms with E-state index in [1.807, 2.05) is 0 Å². The average Bonchev–Trinajstić information content (AvgIpc) is 2.70. The normalized spacial score (nSPS) is 12.9. The second-order valence-corrected chi connectivity index (χ2v) is 11.8. The van der Waals surface area contributed by atoms with E-state index in [0.717, 1.165) is 19.4 Å². The van der Waals surface area contributed by atoms with Crippen LogP contribution in [0.25, 0.3) is 0 Å². The highest BCUT2D eigenvalue weighted by Crippen LogP contribution is 2.33. The van der Waals surface area contributed by atoms with E-state index < -0.39 is 8.80 Å². The third-order valence-electron chi connectivity index (χ3n) is 5.93. The summed E-state index contributed by atoms with van der Waals surface area (Å²) in [6.07, 6.45) is 20.3. The molecule has 0 bridgehead atoms. The Labute approximate surface area is 190 Å². The smallest absolute Gasteiger partial charge is 0.377 e. The van der Waals surface area contributed by atoms with Crippen molar-refractivity contribution < 1.29 is 13.3 Å². The maximum atomic E-state index is 5.77. The minimum Gasteiger partial charge on any atom is -0.377 e. The van der Waals surface area contributed by atoms with Gasteiger partial charge >= 0.3 is 8.80 Å². The average molecular weight is 454 g/mol. The van der Waals surface area contributed by atoms with Crippen LogP contribution in [0.4, 0.5) is 0 Å². The van der Waals surface area contributed by atoms with Crippen molar-refractivity contribution in [2.24, 2.45) is 0 Å². The quantitative estimate of drug-likeness (QED) is 0.137. The fourth-order valence-corrected chi connectivity index (χ4v) is 6.61. The van der Waals surface area contributed by atoms with E-state index >= 15 is 0 Å². The highest BCUT2D eigenvalue weighted by molar-refractivity contribution is 6.62. The molecule has 0 aliphatic heterocycles. The molecule has 29 heavy (non-hydrogen) atoms. The van der Waals surface area contributed by atoms with Gasteiger partial charge in [0.15, 0.2) is 0 Å². The number of hydrogen-bond acceptors (Lipinski definition) is 4. The summed E-state index contributed by atoms with van der Waals surface area (Å²) >= 11 is 0. The van der Waals surface area contributed by atoms with Crippen molar-refractivity contribution in [1.29, 1.82) is 0 Å². The van der Waals surface area contributed by atoms with E-state index in [9.17, 15) is 0 Å². The van der Waals surface area contributed by atoms with Gasteiger partial charge in [-0.1, -0.05) is 90.4 Å². The Morgan fingerprint density at radius 2 is 1.00 bits per heavy atom. The van der Waals surface area contributed by atoms with E-state index in [1.54, 1.807) is 21.3 Å². The maximum Gasteiger partial charge on any atom is 0.503 e. The third kappa shape index (κ3) is 15.7. The number of unbranched alkanes of at least 4 members (excludes halogenated alkanes) is 12. The van der Waals surface area contributed by atoms with E-state index in [-0.39, 0.29) is 12.4 Å². The molecule has 0 radical (unpaired) electrons. The van der Waals surface area contributed by atoms with E-state index in [4.69, 9.17) is 13.3 Å². The number of rotatable bonds is 21. The van der Waals surface area contributed by atoms with Crippen LogP contribution in [0.3, 0.4) is 0 Å². The van der Waals surface area contributed by atoms with Gasteiger partial charge in [0.2, 0.25) is 0 Å². The highest BCUT2D eigenvalue weighted by Gasteiger charge is 2.46. The molecule has 0 saturated carbocycles. The molecular formula is C23H52ClNO3Si. The molecule has 0 heterocycles. The minimum absolute atomic E-state index is 0. The van der Waals surface area contributed by atoms with Gasteiger partial charge in [-0.2, -0.15) is 0 Å². The van der Waals surface area contributed by atoms with E-state index in [0.29, 0.717) is 5.54 Å². The van der Waals surface area contributed by atoms with Crippen LogP contribution in [-0.2, 0) is 13.3 Å². The molecule has 1 atom stereocenters. The lowest BCUT2D eigenvalue weighted by Gasteiger charge is -2.33. The van der Waals surface area contributed by atoms with Crippen LogP contribution in [-0.4, -0.2) is 55.7 Å². The van der Waals surface area contributed by atoms with Gasteiger partial charge in [0, 0.05) is 26.9 Å². The van der Waals surface area contributed by atoms with Crippen molar-refractivity contribution in [3.8, 4) is 0 Å². The van der Waals surface area contributed by atoms with Gasteiger partial charge in [0.25, 0.3) is 0 Å². The molecule has 4 nitrogen and oxygen atoms in total. The van der Waals surface area contributed by atoms with Crippen LogP contribution >= 0.6 is 12.4 Å². The van der Waals surface area contributed by atoms with Crippen LogP contribution in [0, 0.1) is 0 Å². The molecule has 0 fully saturated rings. The van der Waals surface area contributed by atoms with Crippen LogP contribution in [0.1, 0.15) is 103 Å². The SMILES string of the molecule is CCCCCCCCCCCCCCCC(CCN(C)C)[Si](OC)(OC)OC.Cl. The fraction of sp³-hybridized carbons (Fsp3) is 1.00. The molecule has 0 saturated heterocycles. The second-order valence-electron chi connectivity index (χ2n) is 8.54. The molecule has 0 rings (SSSR count). The molecule has 0 amide bonds. The van der Waals surface area contributed by atoms with Crippen LogP contribution < -0.4 is 0 Å². The topological polar surface area (TPSA) is 30.9 Å². The summed E-state index contributed by atoms with van der Waals surface area (Å²) < 4.78 is 17.3. The monoisotopic (exact) mass is 453 g/mol. The molecule has 0 aliphatic carbocycles. The zero-order valence-corrected chi connectivity index (χ0v) is 22.3. The Balaban J connectivity index is 0. The second kappa shape index (κ2) is 21.6. The summed E-state index contributed by atoms with van der Waals surface area (Å²) in [5.74, 6) is 0. The summed E-state index contributed by atoms with van der Waals surface area (Å²) in [6, 6.07) is 0. The molecule has 1 unspecified atom stereocenters. The Kier molecular flexibility index (Phi) is 23.5. The zero-order chi connectivity index (χ0) is 21.1. The summed E-state index contributed by atoms with van der Waals surface area (Å²) in [7, 11) is 6.93. The number of nitrogens with zero attached hydrogens (tertiary/aromatic N) is 1. The van der Waals surface area contributed by atoms with Crippen molar-refractivity contribution in [1.82, 2.24) is 4.90 Å². The van der Waals surface area contributed by atoms with Gasteiger partial charge in [0.1, 0.15) is 0 Å². The molecular weight excluding hydrogens is 402 g/mol. The maximum absolute atomic E-state index is 5.77. The lowest BCUT2D eigenvalue weighted by Crippen LogP contribution is -2.48. The van der Waals surface area contributed by atoms with Crippen molar-refractivity contribution in [3.05, 3.63) is 0 Å². The van der Waals surface area contributed by atoms with Gasteiger partial charge in [-0.15, -0.1) is 12.4 Å². The van der Waals surface area contributed by atoms with E-state index in [2.05, 4.69) is 25.9 Å². The predicted octanol–water partition coefficient (Wildman–Crippen LogP) is 7.09. The first-order valence-electron chi connectivity index (χ1n) is 11.9. The Bertz CT molecular complexity index is 323. The Morgan fingerprint density at radius 1 is 0.621 bits per heavy atom. The zero-order valence-electron chi connectivity index (χ0n) is 20.5. The van der Waals surface area contributed by atoms with Gasteiger partial charge in [0.05, 0.1) is 0 Å². The van der Waals surface area contributed by atoms with Crippen LogP contribution in [0.2, 0.25) is 5.54 Å². The Hall–Kier alpha value is 0.347. The summed E-state index contributed by atoms with van der Waals surface area (Å²) in [4.78, 5) is 2.23. The molecule has 0 aromatic rings. The Morgan fingerprint density at radius 3 is 1.34 bits per heavy atom. The predicted molar refractivity (Wildman–Crippen MR) is 131 cm³/mol. The molecule has 178 valence electrons. The van der Waals surface area contributed by atoms with Gasteiger partial charge in [-0.25, -0.2) is 0 Å². The first-order valence-corrected chi connectivity index (χ1v) is 13.7. The first-order chi connectivity index (χ1) is 13.6. The highest BCUT2D eigenvalue weighted by atomic mass is 35.5. The minimum atomic E-state index is -2.54. The molecule has 0 spiro atoms. The lowest BCUT2D eigenvalue weighted by molar-refractivity contribution is 0.106. The van der Waals surface area contributed by atoms with Crippen LogP contribution in [0.15, 0.2) is 0 Å². The number of hydrogen-bond donors (Lipinski definition) is 0. The fourth-order valence-electron chi connectivity index (χ4n) is 4.07. The largest absolute Gasteiger partial charge is 0.503 e. The lowest BCUT2D eigenvalue weighted by atomic mass is 10.0. The van der Waals surface area contributed by atoms with Crippen LogP contribution in [0.5, 0.6) is 0 Å².